The van der Waals surface area contributed by atoms with Crippen LogP contribution in [0.25, 0.3) is 10.6 Å². The molecule has 0 spiro atoms. The summed E-state index contributed by atoms with van der Waals surface area (Å²) >= 11 is 12.4. The number of aryl methyl sites for hydroxylation is 1. The molecule has 0 N–H and O–H groups in total. The molecule has 0 aliphatic heterocycles. The summed E-state index contributed by atoms with van der Waals surface area (Å²) in [7, 11) is 0. The van der Waals surface area contributed by atoms with Crippen LogP contribution in [0.5, 0.6) is 0 Å². The largest absolute Gasteiger partial charge is 0.192 e. The van der Waals surface area contributed by atoms with Crippen molar-refractivity contribution in [1.29, 1.82) is 5.26 Å². The highest BCUT2D eigenvalue weighted by atomic mass is 35.5. The minimum atomic E-state index is 0.425. The third-order valence-corrected chi connectivity index (χ3v) is 3.46. The van der Waals surface area contributed by atoms with Gasteiger partial charge in [-0.25, -0.2) is 0 Å². The van der Waals surface area contributed by atoms with Crippen LogP contribution in [0.1, 0.15) is 16.7 Å². The molecular formula is C16H11Cl2N. The predicted octanol–water partition coefficient (Wildman–Crippen LogP) is 5.28. The van der Waals surface area contributed by atoms with Crippen molar-refractivity contribution in [3.8, 4) is 6.07 Å². The third kappa shape index (κ3) is 2.98. The first-order chi connectivity index (χ1) is 9.13. The zero-order valence-corrected chi connectivity index (χ0v) is 11.8. The van der Waals surface area contributed by atoms with E-state index in [1.165, 1.54) is 0 Å². The molecule has 3 heteroatoms. The smallest absolute Gasteiger partial charge is 0.101 e. The van der Waals surface area contributed by atoms with Crippen molar-refractivity contribution in [2.24, 2.45) is 0 Å². The second-order valence-corrected chi connectivity index (χ2v) is 4.94. The van der Waals surface area contributed by atoms with E-state index in [0.29, 0.717) is 15.6 Å². The molecule has 0 fully saturated rings. The molecule has 2 aromatic carbocycles. The molecule has 0 aliphatic rings. The maximum Gasteiger partial charge on any atom is 0.101 e. The van der Waals surface area contributed by atoms with Crippen molar-refractivity contribution < 1.29 is 0 Å². The van der Waals surface area contributed by atoms with Gasteiger partial charge in [0.15, 0.2) is 0 Å². The van der Waals surface area contributed by atoms with E-state index >= 15 is 0 Å². The van der Waals surface area contributed by atoms with Crippen molar-refractivity contribution in [3.05, 3.63) is 70.2 Å². The molecule has 1 nitrogen and oxygen atoms in total. The molecule has 0 unspecified atom stereocenters. The highest BCUT2D eigenvalue weighted by Crippen LogP contribution is 2.32. The lowest BCUT2D eigenvalue weighted by Crippen LogP contribution is -1.89. The summed E-state index contributed by atoms with van der Waals surface area (Å²) in [6.07, 6.45) is 0. The highest BCUT2D eigenvalue weighted by Gasteiger charge is 2.11. The molecule has 0 bridgehead atoms. The molecule has 0 saturated carbocycles. The van der Waals surface area contributed by atoms with Crippen LogP contribution in [0.4, 0.5) is 0 Å². The molecule has 0 atom stereocenters. The van der Waals surface area contributed by atoms with Crippen LogP contribution in [0.2, 0.25) is 5.02 Å². The van der Waals surface area contributed by atoms with Crippen molar-refractivity contribution in [2.45, 2.75) is 6.92 Å². The summed E-state index contributed by atoms with van der Waals surface area (Å²) in [6, 6.07) is 17.0. The maximum absolute atomic E-state index is 9.35. The van der Waals surface area contributed by atoms with Crippen molar-refractivity contribution in [2.75, 3.05) is 0 Å². The lowest BCUT2D eigenvalue weighted by molar-refractivity contribution is 1.44. The number of hydrogen-bond acceptors (Lipinski definition) is 1. The summed E-state index contributed by atoms with van der Waals surface area (Å²) in [5, 5.41) is 10.4. The molecule has 19 heavy (non-hydrogen) atoms. The molecule has 0 saturated heterocycles. The summed E-state index contributed by atoms with van der Waals surface area (Å²) < 4.78 is 0. The van der Waals surface area contributed by atoms with Gasteiger partial charge in [0.05, 0.1) is 10.6 Å². The number of nitrogens with zero attached hydrogens (tertiary/aromatic N) is 1. The monoisotopic (exact) mass is 287 g/mol. The van der Waals surface area contributed by atoms with Crippen LogP contribution in [0.15, 0.2) is 48.5 Å². The Balaban J connectivity index is 2.62. The number of allylic oxidation sites excluding steroid dienone is 1. The van der Waals surface area contributed by atoms with Crippen molar-refractivity contribution >= 4 is 33.8 Å². The van der Waals surface area contributed by atoms with Gasteiger partial charge in [-0.05, 0) is 35.7 Å². The van der Waals surface area contributed by atoms with E-state index in [1.807, 2.05) is 43.3 Å². The Morgan fingerprint density at radius 1 is 1.11 bits per heavy atom. The normalized spacial score (nSPS) is 11.7. The average Bonchev–Trinajstić information content (AvgIpc) is 2.43. The van der Waals surface area contributed by atoms with Gasteiger partial charge < -0.3 is 0 Å². The van der Waals surface area contributed by atoms with Crippen molar-refractivity contribution in [3.63, 3.8) is 0 Å². The summed E-state index contributed by atoms with van der Waals surface area (Å²) in [6.45, 7) is 1.94. The van der Waals surface area contributed by atoms with E-state index in [1.54, 1.807) is 12.1 Å². The molecule has 2 aromatic rings. The summed E-state index contributed by atoms with van der Waals surface area (Å²) in [4.78, 5) is 0. The second-order valence-electron chi connectivity index (χ2n) is 4.13. The SMILES string of the molecule is Cc1ccc(Cl)cc1/C(Cl)=C(/C#N)c1ccccc1. The Hall–Kier alpha value is -1.75. The third-order valence-electron chi connectivity index (χ3n) is 2.83. The number of rotatable bonds is 2. The van der Waals surface area contributed by atoms with Gasteiger partial charge in [-0.3, -0.25) is 0 Å². The highest BCUT2D eigenvalue weighted by molar-refractivity contribution is 6.53. The molecule has 0 aromatic heterocycles. The van der Waals surface area contributed by atoms with Gasteiger partial charge in [0.25, 0.3) is 0 Å². The van der Waals surface area contributed by atoms with E-state index in [0.717, 1.165) is 16.7 Å². The Bertz CT molecular complexity index is 667. The summed E-state index contributed by atoms with van der Waals surface area (Å²) in [5.41, 5.74) is 3.02. The molecule has 94 valence electrons. The summed E-state index contributed by atoms with van der Waals surface area (Å²) in [5.74, 6) is 0. The van der Waals surface area contributed by atoms with Gasteiger partial charge in [0.1, 0.15) is 6.07 Å². The minimum Gasteiger partial charge on any atom is -0.192 e. The first-order valence-electron chi connectivity index (χ1n) is 5.75. The molecule has 0 amide bonds. The van der Waals surface area contributed by atoms with Gasteiger partial charge in [0, 0.05) is 5.02 Å². The fourth-order valence-corrected chi connectivity index (χ4v) is 2.34. The number of nitriles is 1. The topological polar surface area (TPSA) is 23.8 Å². The second kappa shape index (κ2) is 5.93. The Morgan fingerprint density at radius 3 is 2.42 bits per heavy atom. The predicted molar refractivity (Wildman–Crippen MR) is 80.9 cm³/mol. The lowest BCUT2D eigenvalue weighted by atomic mass is 10.0. The average molecular weight is 288 g/mol. The van der Waals surface area contributed by atoms with Crippen LogP contribution in [0.3, 0.4) is 0 Å². The Kier molecular flexibility index (Phi) is 4.27. The van der Waals surface area contributed by atoms with Gasteiger partial charge in [0.2, 0.25) is 0 Å². The van der Waals surface area contributed by atoms with E-state index in [2.05, 4.69) is 6.07 Å². The molecule has 0 aliphatic carbocycles. The minimum absolute atomic E-state index is 0.425. The molecule has 2 rings (SSSR count). The molecule has 0 heterocycles. The number of benzene rings is 2. The Morgan fingerprint density at radius 2 is 1.79 bits per heavy atom. The zero-order valence-electron chi connectivity index (χ0n) is 10.3. The first kappa shape index (κ1) is 13.7. The van der Waals surface area contributed by atoms with E-state index in [-0.39, 0.29) is 0 Å². The lowest BCUT2D eigenvalue weighted by Gasteiger charge is -2.08. The van der Waals surface area contributed by atoms with Crippen molar-refractivity contribution in [1.82, 2.24) is 0 Å². The zero-order chi connectivity index (χ0) is 13.8. The Labute approximate surface area is 122 Å². The van der Waals surface area contributed by atoms with Gasteiger partial charge in [-0.1, -0.05) is 59.6 Å². The van der Waals surface area contributed by atoms with Crippen LogP contribution < -0.4 is 0 Å². The van der Waals surface area contributed by atoms with Crippen LogP contribution in [-0.2, 0) is 0 Å². The van der Waals surface area contributed by atoms with Gasteiger partial charge >= 0.3 is 0 Å². The van der Waals surface area contributed by atoms with Crippen LogP contribution in [0, 0.1) is 18.3 Å². The standard InChI is InChI=1S/C16H11Cl2N/c1-11-7-8-13(17)9-14(11)16(18)15(10-19)12-5-3-2-4-6-12/h2-9H,1H3/b16-15+. The quantitative estimate of drug-likeness (QED) is 0.545. The number of halogens is 2. The molecule has 0 radical (unpaired) electrons. The first-order valence-corrected chi connectivity index (χ1v) is 6.51. The van der Waals surface area contributed by atoms with E-state index in [9.17, 15) is 5.26 Å². The van der Waals surface area contributed by atoms with Crippen LogP contribution >= 0.6 is 23.2 Å². The van der Waals surface area contributed by atoms with Gasteiger partial charge in [-0.15, -0.1) is 0 Å². The van der Waals surface area contributed by atoms with Gasteiger partial charge in [-0.2, -0.15) is 5.26 Å². The van der Waals surface area contributed by atoms with E-state index in [4.69, 9.17) is 23.2 Å². The number of hydrogen-bond donors (Lipinski definition) is 0. The fourth-order valence-electron chi connectivity index (χ4n) is 1.81. The van der Waals surface area contributed by atoms with Crippen LogP contribution in [-0.4, -0.2) is 0 Å². The fraction of sp³-hybridized carbons (Fsp3) is 0.0625. The maximum atomic E-state index is 9.35. The molecular weight excluding hydrogens is 277 g/mol. The van der Waals surface area contributed by atoms with E-state index < -0.39 is 0 Å².